The Labute approximate surface area is 139 Å². The molecule has 1 unspecified atom stereocenters. The van der Waals surface area contributed by atoms with Crippen LogP contribution in [0.15, 0.2) is 36.9 Å². The first kappa shape index (κ1) is 15.0. The van der Waals surface area contributed by atoms with Crippen LogP contribution in [0, 0.1) is 5.82 Å². The van der Waals surface area contributed by atoms with Crippen molar-refractivity contribution in [1.82, 2.24) is 20.3 Å². The first-order valence-electron chi connectivity index (χ1n) is 8.10. The first-order chi connectivity index (χ1) is 11.7. The quantitative estimate of drug-likeness (QED) is 0.908. The minimum atomic E-state index is -0.436. The molecule has 0 radical (unpaired) electrons. The van der Waals surface area contributed by atoms with Crippen molar-refractivity contribution < 1.29 is 9.18 Å². The molecule has 1 atom stereocenters. The van der Waals surface area contributed by atoms with Crippen LogP contribution in [0.2, 0.25) is 0 Å². The van der Waals surface area contributed by atoms with Gasteiger partial charge in [0.15, 0.2) is 5.82 Å². The molecule has 2 aliphatic rings. The molecule has 1 N–H and O–H groups in total. The second-order valence-corrected chi connectivity index (χ2v) is 6.50. The van der Waals surface area contributed by atoms with Gasteiger partial charge >= 0.3 is 0 Å². The van der Waals surface area contributed by atoms with Gasteiger partial charge in [-0.25, -0.2) is 14.4 Å². The zero-order chi connectivity index (χ0) is 16.6. The van der Waals surface area contributed by atoms with Crippen LogP contribution in [-0.4, -0.2) is 39.5 Å². The van der Waals surface area contributed by atoms with E-state index < -0.39 is 5.82 Å². The van der Waals surface area contributed by atoms with Gasteiger partial charge in [0.25, 0.3) is 0 Å². The van der Waals surface area contributed by atoms with E-state index in [4.69, 9.17) is 0 Å². The standard InChI is InChI=1S/C17H18FN5O/c18-13-10-20-16(21-11-13)23-6-3-17(4-7-23)8-14(15(24)22-17)12-2-1-5-19-9-12/h1-2,5,9-11,14H,3-4,6-8H2,(H,22,24). The van der Waals surface area contributed by atoms with E-state index in [0.29, 0.717) is 5.95 Å². The molecule has 7 heteroatoms. The molecule has 2 aromatic heterocycles. The number of hydrogen-bond acceptors (Lipinski definition) is 5. The number of pyridine rings is 1. The zero-order valence-corrected chi connectivity index (χ0v) is 13.2. The minimum Gasteiger partial charge on any atom is -0.350 e. The third-order valence-corrected chi connectivity index (χ3v) is 5.00. The summed E-state index contributed by atoms with van der Waals surface area (Å²) in [5.74, 6) is 0.0517. The van der Waals surface area contributed by atoms with Gasteiger partial charge in [-0.3, -0.25) is 9.78 Å². The van der Waals surface area contributed by atoms with Gasteiger partial charge in [-0.15, -0.1) is 0 Å². The van der Waals surface area contributed by atoms with Crippen molar-refractivity contribution in [1.29, 1.82) is 0 Å². The number of piperidine rings is 1. The zero-order valence-electron chi connectivity index (χ0n) is 13.2. The second kappa shape index (κ2) is 5.81. The number of nitrogens with zero attached hydrogens (tertiary/aromatic N) is 4. The number of rotatable bonds is 2. The molecular formula is C17H18FN5O. The molecule has 0 bridgehead atoms. The SMILES string of the molecule is O=C1NC2(CCN(c3ncc(F)cn3)CC2)CC1c1cccnc1. The summed E-state index contributed by atoms with van der Waals surface area (Å²) in [5, 5.41) is 3.20. The molecule has 1 amide bonds. The lowest BCUT2D eigenvalue weighted by Crippen LogP contribution is -2.51. The van der Waals surface area contributed by atoms with Crippen LogP contribution in [0.25, 0.3) is 0 Å². The maximum absolute atomic E-state index is 12.9. The number of amides is 1. The maximum Gasteiger partial charge on any atom is 0.228 e. The molecule has 2 saturated heterocycles. The number of nitrogens with one attached hydrogen (secondary N) is 1. The first-order valence-corrected chi connectivity index (χ1v) is 8.10. The van der Waals surface area contributed by atoms with Crippen molar-refractivity contribution in [2.45, 2.75) is 30.7 Å². The Bertz CT molecular complexity index is 728. The number of aromatic nitrogens is 3. The van der Waals surface area contributed by atoms with Gasteiger partial charge in [0.05, 0.1) is 18.3 Å². The van der Waals surface area contributed by atoms with E-state index in [1.165, 1.54) is 12.4 Å². The lowest BCUT2D eigenvalue weighted by atomic mass is 9.82. The molecule has 2 aliphatic heterocycles. The number of halogens is 1. The maximum atomic E-state index is 12.9. The Morgan fingerprint density at radius 1 is 1.21 bits per heavy atom. The van der Waals surface area contributed by atoms with Crippen LogP contribution >= 0.6 is 0 Å². The van der Waals surface area contributed by atoms with Gasteiger partial charge in [-0.05, 0) is 30.9 Å². The summed E-state index contributed by atoms with van der Waals surface area (Å²) in [4.78, 5) is 26.7. The van der Waals surface area contributed by atoms with Crippen molar-refractivity contribution in [3.8, 4) is 0 Å². The Morgan fingerprint density at radius 3 is 2.62 bits per heavy atom. The Morgan fingerprint density at radius 2 is 1.96 bits per heavy atom. The van der Waals surface area contributed by atoms with Crippen molar-refractivity contribution in [2.75, 3.05) is 18.0 Å². The highest BCUT2D eigenvalue weighted by molar-refractivity contribution is 5.87. The van der Waals surface area contributed by atoms with E-state index in [0.717, 1.165) is 37.9 Å². The van der Waals surface area contributed by atoms with Gasteiger partial charge in [0.2, 0.25) is 11.9 Å². The van der Waals surface area contributed by atoms with E-state index in [1.807, 2.05) is 17.0 Å². The summed E-state index contributed by atoms with van der Waals surface area (Å²) in [6, 6.07) is 3.82. The summed E-state index contributed by atoms with van der Waals surface area (Å²) in [6.07, 6.45) is 8.30. The van der Waals surface area contributed by atoms with Crippen LogP contribution in [-0.2, 0) is 4.79 Å². The fourth-order valence-corrected chi connectivity index (χ4v) is 3.67. The van der Waals surface area contributed by atoms with Gasteiger partial charge < -0.3 is 10.2 Å². The lowest BCUT2D eigenvalue weighted by Gasteiger charge is -2.39. The smallest absolute Gasteiger partial charge is 0.228 e. The van der Waals surface area contributed by atoms with Gasteiger partial charge in [0.1, 0.15) is 0 Å². The van der Waals surface area contributed by atoms with Crippen molar-refractivity contribution in [2.24, 2.45) is 0 Å². The number of hydrogen-bond donors (Lipinski definition) is 1. The molecule has 4 rings (SSSR count). The Balaban J connectivity index is 1.45. The molecule has 0 saturated carbocycles. The third kappa shape index (κ3) is 2.70. The minimum absolute atomic E-state index is 0.0782. The summed E-state index contributed by atoms with van der Waals surface area (Å²) in [5.41, 5.74) is 0.796. The molecular weight excluding hydrogens is 309 g/mol. The topological polar surface area (TPSA) is 71.0 Å². The normalized spacial score (nSPS) is 22.6. The molecule has 6 nitrogen and oxygen atoms in total. The van der Waals surface area contributed by atoms with Crippen LogP contribution in [0.5, 0.6) is 0 Å². The fourth-order valence-electron chi connectivity index (χ4n) is 3.67. The molecule has 2 fully saturated rings. The van der Waals surface area contributed by atoms with E-state index in [9.17, 15) is 9.18 Å². The number of carbonyl (C=O) groups excluding carboxylic acids is 1. The molecule has 2 aromatic rings. The van der Waals surface area contributed by atoms with Crippen LogP contribution in [0.3, 0.4) is 0 Å². The molecule has 0 aromatic carbocycles. The highest BCUT2D eigenvalue weighted by Gasteiger charge is 2.46. The van der Waals surface area contributed by atoms with Gasteiger partial charge in [-0.2, -0.15) is 0 Å². The van der Waals surface area contributed by atoms with Crippen molar-refractivity contribution >= 4 is 11.9 Å². The van der Waals surface area contributed by atoms with E-state index in [-0.39, 0.29) is 17.4 Å². The summed E-state index contributed by atoms with van der Waals surface area (Å²) >= 11 is 0. The van der Waals surface area contributed by atoms with Crippen LogP contribution in [0.1, 0.15) is 30.7 Å². The van der Waals surface area contributed by atoms with E-state index in [1.54, 1.807) is 12.4 Å². The monoisotopic (exact) mass is 327 g/mol. The van der Waals surface area contributed by atoms with E-state index in [2.05, 4.69) is 20.3 Å². The Hall–Kier alpha value is -2.57. The summed E-state index contributed by atoms with van der Waals surface area (Å²) in [7, 11) is 0. The van der Waals surface area contributed by atoms with Gasteiger partial charge in [0, 0.05) is 31.0 Å². The third-order valence-electron chi connectivity index (χ3n) is 5.00. The van der Waals surface area contributed by atoms with Crippen molar-refractivity contribution in [3.63, 3.8) is 0 Å². The average Bonchev–Trinajstić information content (AvgIpc) is 2.93. The lowest BCUT2D eigenvalue weighted by molar-refractivity contribution is -0.121. The van der Waals surface area contributed by atoms with Crippen LogP contribution in [0.4, 0.5) is 10.3 Å². The fraction of sp³-hybridized carbons (Fsp3) is 0.412. The highest BCUT2D eigenvalue weighted by Crippen LogP contribution is 2.39. The molecule has 24 heavy (non-hydrogen) atoms. The highest BCUT2D eigenvalue weighted by atomic mass is 19.1. The Kier molecular flexibility index (Phi) is 3.63. The van der Waals surface area contributed by atoms with Crippen LogP contribution < -0.4 is 10.2 Å². The molecule has 124 valence electrons. The average molecular weight is 327 g/mol. The summed E-state index contributed by atoms with van der Waals surface area (Å²) < 4.78 is 12.9. The number of anilines is 1. The van der Waals surface area contributed by atoms with E-state index >= 15 is 0 Å². The molecule has 0 aliphatic carbocycles. The second-order valence-electron chi connectivity index (χ2n) is 6.50. The molecule has 1 spiro atoms. The summed E-state index contributed by atoms with van der Waals surface area (Å²) in [6.45, 7) is 1.48. The molecule has 4 heterocycles. The number of carbonyl (C=O) groups is 1. The predicted octanol–water partition coefficient (Wildman–Crippen LogP) is 1.65. The van der Waals surface area contributed by atoms with Crippen molar-refractivity contribution in [3.05, 3.63) is 48.3 Å². The van der Waals surface area contributed by atoms with Gasteiger partial charge in [-0.1, -0.05) is 6.07 Å². The largest absolute Gasteiger partial charge is 0.350 e. The predicted molar refractivity (Wildman–Crippen MR) is 85.9 cm³/mol.